The number of thiazole rings is 1. The zero-order chi connectivity index (χ0) is 20.9. The van der Waals surface area contributed by atoms with Gasteiger partial charge in [-0.3, -0.25) is 10.2 Å². The third-order valence-electron chi connectivity index (χ3n) is 3.90. The molecule has 0 fully saturated rings. The first-order valence-electron chi connectivity index (χ1n) is 7.84. The number of rotatable bonds is 3. The number of halogens is 2. The second-order valence-electron chi connectivity index (χ2n) is 5.81. The highest BCUT2D eigenvalue weighted by Crippen LogP contribution is 2.33. The molecule has 0 unspecified atom stereocenters. The van der Waals surface area contributed by atoms with Crippen LogP contribution in [-0.4, -0.2) is 29.1 Å². The molecule has 8 nitrogen and oxygen atoms in total. The van der Waals surface area contributed by atoms with Gasteiger partial charge in [0.05, 0.1) is 9.40 Å². The first-order valence-corrected chi connectivity index (χ1v) is 9.47. The summed E-state index contributed by atoms with van der Waals surface area (Å²) in [4.78, 5) is 40.4. The summed E-state index contributed by atoms with van der Waals surface area (Å²) in [5.41, 5.74) is -1.43. The third kappa shape index (κ3) is 3.43. The predicted molar refractivity (Wildman–Crippen MR) is 104 cm³/mol. The molecule has 3 heterocycles. The van der Waals surface area contributed by atoms with E-state index in [1.807, 2.05) is 0 Å². The molecular weight excluding hydrogens is 428 g/mol. The van der Waals surface area contributed by atoms with Crippen molar-refractivity contribution in [3.63, 3.8) is 0 Å². The number of nitrogens with zero attached hydrogens (tertiary/aromatic N) is 2. The Kier molecular flexibility index (Phi) is 4.51. The molecule has 3 aromatic heterocycles. The second kappa shape index (κ2) is 6.90. The molecule has 2 amide bonds. The fraction of sp³-hybridized carbons (Fsp3) is 0.0588. The number of anilines is 2. The third-order valence-corrected chi connectivity index (χ3v) is 5.96. The molecule has 0 atom stereocenters. The van der Waals surface area contributed by atoms with Crippen LogP contribution in [0.15, 0.2) is 33.5 Å². The van der Waals surface area contributed by atoms with Gasteiger partial charge >= 0.3 is 17.6 Å². The Morgan fingerprint density at radius 3 is 2.66 bits per heavy atom. The number of urea groups is 1. The fourth-order valence-electron chi connectivity index (χ4n) is 2.50. The van der Waals surface area contributed by atoms with Crippen molar-refractivity contribution < 1.29 is 27.9 Å². The Balaban J connectivity index is 1.61. The van der Waals surface area contributed by atoms with E-state index in [1.165, 1.54) is 24.1 Å². The predicted octanol–water partition coefficient (Wildman–Crippen LogP) is 4.11. The number of carbonyl (C=O) groups is 2. The summed E-state index contributed by atoms with van der Waals surface area (Å²) < 4.78 is 32.7. The van der Waals surface area contributed by atoms with Gasteiger partial charge in [0.25, 0.3) is 0 Å². The number of hydrogen-bond donors (Lipinski definition) is 2. The molecule has 0 spiro atoms. The number of thiophene rings is 1. The highest BCUT2D eigenvalue weighted by atomic mass is 32.1. The van der Waals surface area contributed by atoms with Crippen molar-refractivity contribution in [2.45, 2.75) is 0 Å². The van der Waals surface area contributed by atoms with Gasteiger partial charge in [-0.15, -0.1) is 11.3 Å². The second-order valence-corrected chi connectivity index (χ2v) is 7.90. The van der Waals surface area contributed by atoms with E-state index in [2.05, 4.69) is 10.3 Å². The van der Waals surface area contributed by atoms with Gasteiger partial charge in [-0.1, -0.05) is 11.3 Å². The molecule has 148 valence electrons. The molecule has 1 aromatic carbocycles. The number of carbonyl (C=O) groups excluding carboxylic acids is 1. The normalized spacial score (nSPS) is 11.1. The van der Waals surface area contributed by atoms with E-state index < -0.39 is 34.8 Å². The summed E-state index contributed by atoms with van der Waals surface area (Å²) in [6, 6.07) is 3.78. The van der Waals surface area contributed by atoms with Crippen LogP contribution in [0.1, 0.15) is 10.4 Å². The minimum atomic E-state index is -1.42. The molecule has 4 rings (SSSR count). The quantitative estimate of drug-likeness (QED) is 0.499. The van der Waals surface area contributed by atoms with E-state index >= 15 is 0 Å². The van der Waals surface area contributed by atoms with Gasteiger partial charge in [-0.05, 0) is 12.1 Å². The van der Waals surface area contributed by atoms with Crippen LogP contribution in [0.3, 0.4) is 0 Å². The van der Waals surface area contributed by atoms with Crippen LogP contribution in [0.25, 0.3) is 20.5 Å². The average molecular weight is 437 g/mol. The van der Waals surface area contributed by atoms with Gasteiger partial charge < -0.3 is 9.52 Å². The maximum atomic E-state index is 13.8. The van der Waals surface area contributed by atoms with Crippen LogP contribution in [-0.2, 0) is 0 Å². The number of carboxylic acids is 1. The fourth-order valence-corrected chi connectivity index (χ4v) is 4.39. The van der Waals surface area contributed by atoms with E-state index in [9.17, 15) is 23.2 Å². The van der Waals surface area contributed by atoms with E-state index in [1.54, 1.807) is 0 Å². The number of hydrogen-bond acceptors (Lipinski definition) is 7. The summed E-state index contributed by atoms with van der Waals surface area (Å²) in [6.45, 7) is 0. The minimum Gasteiger partial charge on any atom is -0.477 e. The topological polar surface area (TPSA) is 113 Å². The first-order chi connectivity index (χ1) is 13.7. The van der Waals surface area contributed by atoms with Gasteiger partial charge in [-0.2, -0.15) is 0 Å². The maximum Gasteiger partial charge on any atom is 0.351 e. The highest BCUT2D eigenvalue weighted by Gasteiger charge is 2.20. The largest absolute Gasteiger partial charge is 0.477 e. The van der Waals surface area contributed by atoms with E-state index in [-0.39, 0.29) is 20.9 Å². The number of fused-ring (bicyclic) bond motifs is 2. The van der Waals surface area contributed by atoms with Gasteiger partial charge in [0.1, 0.15) is 21.9 Å². The molecule has 0 bridgehead atoms. The SMILES string of the molecule is CN(C(=O)Nc1nc2c(F)cc(F)cc2s1)c1cc2oc(=O)c(C(=O)O)cc2s1. The molecule has 0 saturated carbocycles. The number of nitrogens with one attached hydrogen (secondary N) is 1. The Morgan fingerprint density at radius 1 is 1.17 bits per heavy atom. The van der Waals surface area contributed by atoms with E-state index in [4.69, 9.17) is 9.52 Å². The van der Waals surface area contributed by atoms with E-state index in [0.717, 1.165) is 28.7 Å². The zero-order valence-corrected chi connectivity index (χ0v) is 16.0. The van der Waals surface area contributed by atoms with Crippen molar-refractivity contribution in [2.24, 2.45) is 0 Å². The lowest BCUT2D eigenvalue weighted by molar-refractivity contribution is 0.0692. The van der Waals surface area contributed by atoms with Gasteiger partial charge in [0.2, 0.25) is 0 Å². The number of carboxylic acid groups (broad SMARTS) is 1. The zero-order valence-electron chi connectivity index (χ0n) is 14.4. The highest BCUT2D eigenvalue weighted by molar-refractivity contribution is 7.23. The molecule has 0 aliphatic heterocycles. The summed E-state index contributed by atoms with van der Waals surface area (Å²) in [5, 5.41) is 11.9. The number of aromatic nitrogens is 1. The molecule has 0 aliphatic rings. The van der Waals surface area contributed by atoms with E-state index in [0.29, 0.717) is 15.8 Å². The summed E-state index contributed by atoms with van der Waals surface area (Å²) in [5.74, 6) is -3.00. The van der Waals surface area contributed by atoms with Crippen LogP contribution < -0.4 is 15.8 Å². The van der Waals surface area contributed by atoms with Crippen molar-refractivity contribution in [1.29, 1.82) is 0 Å². The van der Waals surface area contributed by atoms with Crippen molar-refractivity contribution >= 4 is 65.3 Å². The average Bonchev–Trinajstić information content (AvgIpc) is 3.23. The lowest BCUT2D eigenvalue weighted by Crippen LogP contribution is -2.30. The summed E-state index contributed by atoms with van der Waals surface area (Å²) >= 11 is 1.94. The molecule has 12 heteroatoms. The number of amides is 2. The number of aromatic carboxylic acids is 1. The van der Waals surface area contributed by atoms with Crippen LogP contribution >= 0.6 is 22.7 Å². The van der Waals surface area contributed by atoms with Crippen molar-refractivity contribution in [2.75, 3.05) is 17.3 Å². The van der Waals surface area contributed by atoms with Crippen LogP contribution in [0.2, 0.25) is 0 Å². The smallest absolute Gasteiger partial charge is 0.351 e. The first kappa shape index (κ1) is 19.0. The molecule has 4 aromatic rings. The summed E-state index contributed by atoms with van der Waals surface area (Å²) in [7, 11) is 1.43. The molecule has 0 saturated heterocycles. The maximum absolute atomic E-state index is 13.8. The van der Waals surface area contributed by atoms with Gasteiger partial charge in [0.15, 0.2) is 16.5 Å². The Morgan fingerprint density at radius 2 is 1.93 bits per heavy atom. The Bertz CT molecular complexity index is 1360. The molecule has 0 aliphatic carbocycles. The van der Waals surface area contributed by atoms with Crippen molar-refractivity contribution in [3.05, 3.63) is 51.9 Å². The Hall–Kier alpha value is -3.38. The standard InChI is InChI=1S/C17H9F2N3O5S2/c1-22(12-5-9-10(28-12)4-7(14(23)24)15(25)27-9)17(26)21-16-20-13-8(19)2-6(18)3-11(13)29-16/h2-5H,1H3,(H,23,24)(H,20,21,26). The van der Waals surface area contributed by atoms with Crippen molar-refractivity contribution in [1.82, 2.24) is 4.98 Å². The lowest BCUT2D eigenvalue weighted by Gasteiger charge is -2.14. The number of benzene rings is 1. The summed E-state index contributed by atoms with van der Waals surface area (Å²) in [6.07, 6.45) is 0. The van der Waals surface area contributed by atoms with Crippen LogP contribution in [0, 0.1) is 11.6 Å². The minimum absolute atomic E-state index is 0.0563. The monoisotopic (exact) mass is 437 g/mol. The van der Waals surface area contributed by atoms with Crippen molar-refractivity contribution in [3.8, 4) is 0 Å². The van der Waals surface area contributed by atoms with Gasteiger partial charge in [0, 0.05) is 19.2 Å². The molecule has 0 radical (unpaired) electrons. The molecular formula is C17H9F2N3O5S2. The molecule has 29 heavy (non-hydrogen) atoms. The van der Waals surface area contributed by atoms with Gasteiger partial charge in [-0.25, -0.2) is 28.1 Å². The Labute approximate surface area is 167 Å². The lowest BCUT2D eigenvalue weighted by atomic mass is 10.3. The van der Waals surface area contributed by atoms with Crippen LogP contribution in [0.4, 0.5) is 23.7 Å². The molecule has 2 N–H and O–H groups in total. The van der Waals surface area contributed by atoms with Crippen LogP contribution in [0.5, 0.6) is 0 Å².